The third-order valence-electron chi connectivity index (χ3n) is 6.56. The van der Waals surface area contributed by atoms with Crippen LogP contribution < -0.4 is 4.74 Å². The summed E-state index contributed by atoms with van der Waals surface area (Å²) in [5.41, 5.74) is 4.69. The summed E-state index contributed by atoms with van der Waals surface area (Å²) < 4.78 is 13.2. The molecule has 180 valence electrons. The summed E-state index contributed by atoms with van der Waals surface area (Å²) in [5.74, 6) is 1.72. The zero-order valence-electron chi connectivity index (χ0n) is 20.3. The second-order valence-electron chi connectivity index (χ2n) is 8.98. The Bertz CT molecular complexity index is 1310. The highest BCUT2D eigenvalue weighted by Crippen LogP contribution is 2.26. The van der Waals surface area contributed by atoms with Crippen LogP contribution in [0.2, 0.25) is 0 Å². The van der Waals surface area contributed by atoms with Gasteiger partial charge in [0.2, 0.25) is 0 Å². The highest BCUT2D eigenvalue weighted by atomic mass is 16.5. The number of carbonyl (C=O) groups excluding carboxylic acids is 1. The zero-order valence-corrected chi connectivity index (χ0v) is 20.3. The number of hydrogen-bond acceptors (Lipinski definition) is 4. The number of ether oxygens (including phenoxy) is 1. The first-order valence-electron chi connectivity index (χ1n) is 12.1. The lowest BCUT2D eigenvalue weighted by molar-refractivity contribution is 0.0640. The van der Waals surface area contributed by atoms with E-state index in [0.717, 1.165) is 47.8 Å². The molecular formula is C29H31N3O3. The van der Waals surface area contributed by atoms with E-state index < -0.39 is 0 Å². The highest BCUT2D eigenvalue weighted by molar-refractivity contribution is 5.97. The molecule has 0 radical (unpaired) electrons. The third-order valence-corrected chi connectivity index (χ3v) is 6.56. The van der Waals surface area contributed by atoms with Crippen LogP contribution in [0.15, 0.2) is 77.2 Å². The summed E-state index contributed by atoms with van der Waals surface area (Å²) in [7, 11) is 1.66. The molecule has 1 aliphatic heterocycles. The van der Waals surface area contributed by atoms with Crippen LogP contribution in [-0.4, -0.2) is 60.1 Å². The van der Waals surface area contributed by atoms with Gasteiger partial charge in [-0.05, 0) is 30.2 Å². The van der Waals surface area contributed by atoms with Crippen LogP contribution in [0.1, 0.15) is 27.4 Å². The first-order valence-corrected chi connectivity index (χ1v) is 12.1. The van der Waals surface area contributed by atoms with Gasteiger partial charge < -0.3 is 18.6 Å². The van der Waals surface area contributed by atoms with Gasteiger partial charge in [0.15, 0.2) is 5.58 Å². The Morgan fingerprint density at radius 2 is 1.74 bits per heavy atom. The molecule has 0 N–H and O–H groups in total. The average molecular weight is 470 g/mol. The van der Waals surface area contributed by atoms with E-state index in [9.17, 15) is 4.79 Å². The Hall–Kier alpha value is -3.77. The number of rotatable bonds is 7. The number of hydrogen-bond donors (Lipinski definition) is 0. The molecule has 0 aliphatic carbocycles. The van der Waals surface area contributed by atoms with Gasteiger partial charge in [-0.3, -0.25) is 9.69 Å². The molecule has 0 spiro atoms. The predicted octanol–water partition coefficient (Wildman–Crippen LogP) is 5.07. The standard InChI is InChI=1S/C29H31N3O3/c1-22-19-26-28(35-22)20-27(32(26)21-24-10-12-25(34-2)13-11-24)29(33)31-17-15-30(16-18-31)14-6-9-23-7-4-3-5-8-23/h3-13,19-20H,14-18,21H2,1-2H3/b9-6+. The minimum atomic E-state index is 0.0574. The molecule has 3 heterocycles. The van der Waals surface area contributed by atoms with Gasteiger partial charge in [0.1, 0.15) is 17.2 Å². The molecule has 1 fully saturated rings. The highest BCUT2D eigenvalue weighted by Gasteiger charge is 2.26. The number of aryl methyl sites for hydroxylation is 1. The summed E-state index contributed by atoms with van der Waals surface area (Å²) in [4.78, 5) is 17.9. The fourth-order valence-corrected chi connectivity index (χ4v) is 4.62. The lowest BCUT2D eigenvalue weighted by Crippen LogP contribution is -2.49. The topological polar surface area (TPSA) is 50.9 Å². The SMILES string of the molecule is COc1ccc(Cn2c(C(=O)N3CCN(C/C=C/c4ccccc4)CC3)cc3oc(C)cc32)cc1. The van der Waals surface area contributed by atoms with Crippen molar-refractivity contribution < 1.29 is 13.9 Å². The summed E-state index contributed by atoms with van der Waals surface area (Å²) in [6.07, 6.45) is 4.35. The van der Waals surface area contributed by atoms with Crippen molar-refractivity contribution in [2.45, 2.75) is 13.5 Å². The van der Waals surface area contributed by atoms with E-state index in [0.29, 0.717) is 25.3 Å². The molecule has 6 heteroatoms. The van der Waals surface area contributed by atoms with Crippen LogP contribution in [0.5, 0.6) is 5.75 Å². The van der Waals surface area contributed by atoms with Crippen LogP contribution in [0, 0.1) is 6.92 Å². The molecule has 5 rings (SSSR count). The lowest BCUT2D eigenvalue weighted by Gasteiger charge is -2.34. The maximum absolute atomic E-state index is 13.6. The van der Waals surface area contributed by atoms with E-state index in [1.165, 1.54) is 5.56 Å². The van der Waals surface area contributed by atoms with Gasteiger partial charge in [-0.1, -0.05) is 54.6 Å². The van der Waals surface area contributed by atoms with Crippen molar-refractivity contribution in [1.82, 2.24) is 14.4 Å². The molecular weight excluding hydrogens is 438 g/mol. The second kappa shape index (κ2) is 10.2. The van der Waals surface area contributed by atoms with Crippen LogP contribution in [0.4, 0.5) is 0 Å². The number of amides is 1. The number of furan rings is 1. The minimum absolute atomic E-state index is 0.0574. The van der Waals surface area contributed by atoms with Crippen molar-refractivity contribution in [3.63, 3.8) is 0 Å². The van der Waals surface area contributed by atoms with E-state index in [-0.39, 0.29) is 5.91 Å². The van der Waals surface area contributed by atoms with Crippen molar-refractivity contribution in [2.75, 3.05) is 39.8 Å². The maximum Gasteiger partial charge on any atom is 0.270 e. The molecule has 35 heavy (non-hydrogen) atoms. The summed E-state index contributed by atoms with van der Waals surface area (Å²) in [5, 5.41) is 0. The molecule has 6 nitrogen and oxygen atoms in total. The largest absolute Gasteiger partial charge is 0.497 e. The van der Waals surface area contributed by atoms with E-state index in [4.69, 9.17) is 9.15 Å². The monoisotopic (exact) mass is 469 g/mol. The predicted molar refractivity (Wildman–Crippen MR) is 139 cm³/mol. The van der Waals surface area contributed by atoms with Gasteiger partial charge in [0.05, 0.1) is 12.6 Å². The zero-order chi connectivity index (χ0) is 24.2. The van der Waals surface area contributed by atoms with Crippen LogP contribution in [-0.2, 0) is 6.54 Å². The molecule has 1 aliphatic rings. The first-order chi connectivity index (χ1) is 17.1. The summed E-state index contributed by atoms with van der Waals surface area (Å²) in [6.45, 7) is 6.57. The first kappa shape index (κ1) is 23.0. The number of aromatic nitrogens is 1. The van der Waals surface area contributed by atoms with Gasteiger partial charge >= 0.3 is 0 Å². The molecule has 1 saturated heterocycles. The molecule has 4 aromatic rings. The maximum atomic E-state index is 13.6. The molecule has 1 amide bonds. The fourth-order valence-electron chi connectivity index (χ4n) is 4.62. The Morgan fingerprint density at radius 1 is 1.00 bits per heavy atom. The van der Waals surface area contributed by atoms with Crippen molar-refractivity contribution in [2.24, 2.45) is 0 Å². The number of carbonyl (C=O) groups is 1. The lowest BCUT2D eigenvalue weighted by atomic mass is 10.2. The number of methoxy groups -OCH3 is 1. The van der Waals surface area contributed by atoms with Gasteiger partial charge in [0, 0.05) is 51.4 Å². The van der Waals surface area contributed by atoms with E-state index >= 15 is 0 Å². The second-order valence-corrected chi connectivity index (χ2v) is 8.98. The Morgan fingerprint density at radius 3 is 2.46 bits per heavy atom. The van der Waals surface area contributed by atoms with Gasteiger partial charge in [-0.2, -0.15) is 0 Å². The molecule has 2 aromatic carbocycles. The molecule has 0 bridgehead atoms. The van der Waals surface area contributed by atoms with Crippen molar-refractivity contribution in [3.8, 4) is 5.75 Å². The van der Waals surface area contributed by atoms with E-state index in [1.807, 2.05) is 66.4 Å². The van der Waals surface area contributed by atoms with Crippen LogP contribution in [0.3, 0.4) is 0 Å². The molecule has 0 atom stereocenters. The molecule has 0 saturated carbocycles. The Balaban J connectivity index is 1.27. The quantitative estimate of drug-likeness (QED) is 0.379. The van der Waals surface area contributed by atoms with Crippen molar-refractivity contribution in [3.05, 3.63) is 95.4 Å². The average Bonchev–Trinajstić information content (AvgIpc) is 3.41. The van der Waals surface area contributed by atoms with Crippen LogP contribution in [0.25, 0.3) is 17.2 Å². The number of fused-ring (bicyclic) bond motifs is 1. The van der Waals surface area contributed by atoms with Crippen molar-refractivity contribution in [1.29, 1.82) is 0 Å². The van der Waals surface area contributed by atoms with Crippen molar-refractivity contribution >= 4 is 23.1 Å². The fraction of sp³-hybridized carbons (Fsp3) is 0.276. The molecule has 2 aromatic heterocycles. The van der Waals surface area contributed by atoms with Gasteiger partial charge in [0.25, 0.3) is 5.91 Å². The van der Waals surface area contributed by atoms with E-state index in [1.54, 1.807) is 7.11 Å². The molecule has 0 unspecified atom stereocenters. The third kappa shape index (κ3) is 5.17. The smallest absolute Gasteiger partial charge is 0.270 e. The Kier molecular flexibility index (Phi) is 6.73. The summed E-state index contributed by atoms with van der Waals surface area (Å²) in [6, 6.07) is 22.2. The van der Waals surface area contributed by atoms with Gasteiger partial charge in [-0.25, -0.2) is 0 Å². The van der Waals surface area contributed by atoms with Gasteiger partial charge in [-0.15, -0.1) is 0 Å². The van der Waals surface area contributed by atoms with Crippen LogP contribution >= 0.6 is 0 Å². The van der Waals surface area contributed by atoms with E-state index in [2.05, 4.69) is 33.8 Å². The minimum Gasteiger partial charge on any atom is -0.497 e. The number of benzene rings is 2. The summed E-state index contributed by atoms with van der Waals surface area (Å²) >= 11 is 0. The Labute approximate surface area is 206 Å². The number of piperazine rings is 1. The normalized spacial score (nSPS) is 14.7. The number of nitrogens with zero attached hydrogens (tertiary/aromatic N) is 3.